The normalized spacial score (nSPS) is 11.3. The van der Waals surface area contributed by atoms with Crippen molar-refractivity contribution in [1.29, 1.82) is 0 Å². The van der Waals surface area contributed by atoms with Gasteiger partial charge in [-0.2, -0.15) is 0 Å². The molecule has 1 aromatic carbocycles. The van der Waals surface area contributed by atoms with Gasteiger partial charge in [-0.05, 0) is 25.5 Å². The van der Waals surface area contributed by atoms with Gasteiger partial charge >= 0.3 is 5.69 Å². The summed E-state index contributed by atoms with van der Waals surface area (Å²) in [5, 5.41) is 20.1. The number of hydrogen-bond acceptors (Lipinski definition) is 6. The summed E-state index contributed by atoms with van der Waals surface area (Å²) in [7, 11) is -3.68. The molecule has 0 atom stereocenters. The number of aliphatic hydroxyl groups excluding tert-OH is 1. The number of aliphatic hydroxyl groups is 1. The van der Waals surface area contributed by atoms with Crippen molar-refractivity contribution < 1.29 is 18.4 Å². The summed E-state index contributed by atoms with van der Waals surface area (Å²) < 4.78 is 23.3. The van der Waals surface area contributed by atoms with E-state index >= 15 is 0 Å². The second-order valence-corrected chi connectivity index (χ2v) is 6.29. The highest BCUT2D eigenvalue weighted by atomic mass is 32.2. The molecule has 0 heterocycles. The Bertz CT molecular complexity index is 586. The molecule has 8 heteroatoms. The molecule has 7 nitrogen and oxygen atoms in total. The summed E-state index contributed by atoms with van der Waals surface area (Å²) in [5.74, 6) is 0. The van der Waals surface area contributed by atoms with Gasteiger partial charge in [0.2, 0.25) is 0 Å². The number of sulfone groups is 1. The van der Waals surface area contributed by atoms with E-state index in [9.17, 15) is 18.5 Å². The van der Waals surface area contributed by atoms with E-state index in [4.69, 9.17) is 5.11 Å². The lowest BCUT2D eigenvalue weighted by Crippen LogP contribution is -2.26. The first-order valence-corrected chi connectivity index (χ1v) is 8.05. The number of nitrogens with zero attached hydrogens (tertiary/aromatic N) is 2. The van der Waals surface area contributed by atoms with Crippen LogP contribution in [0.4, 0.5) is 11.4 Å². The highest BCUT2D eigenvalue weighted by Gasteiger charge is 2.28. The number of nitro groups is 1. The molecule has 0 unspecified atom stereocenters. The zero-order valence-corrected chi connectivity index (χ0v) is 12.3. The highest BCUT2D eigenvalue weighted by molar-refractivity contribution is 7.90. The molecule has 0 amide bonds. The van der Waals surface area contributed by atoms with Crippen molar-refractivity contribution in [1.82, 2.24) is 0 Å². The largest absolute Gasteiger partial charge is 0.396 e. The molecular weight excluding hydrogens is 284 g/mol. The lowest BCUT2D eigenvalue weighted by atomic mass is 10.2. The quantitative estimate of drug-likeness (QED) is 0.600. The summed E-state index contributed by atoms with van der Waals surface area (Å²) in [6.07, 6.45) is 1.40. The zero-order valence-electron chi connectivity index (χ0n) is 11.4. The van der Waals surface area contributed by atoms with Crippen LogP contribution in [-0.2, 0) is 9.84 Å². The highest BCUT2D eigenvalue weighted by Crippen LogP contribution is 2.34. The van der Waals surface area contributed by atoms with Gasteiger partial charge < -0.3 is 10.0 Å². The molecule has 20 heavy (non-hydrogen) atoms. The zero-order chi connectivity index (χ0) is 15.3. The maximum atomic E-state index is 11.7. The molecule has 1 aromatic rings. The van der Waals surface area contributed by atoms with Gasteiger partial charge in [-0.15, -0.1) is 0 Å². The number of benzene rings is 1. The molecule has 1 rings (SSSR count). The molecule has 112 valence electrons. The first-order valence-electron chi connectivity index (χ1n) is 6.16. The predicted octanol–water partition coefficient (Wildman–Crippen LogP) is 1.21. The third-order valence-corrected chi connectivity index (χ3v) is 4.00. The molecule has 0 bridgehead atoms. The Labute approximate surface area is 117 Å². The van der Waals surface area contributed by atoms with Crippen LogP contribution in [0.2, 0.25) is 0 Å². The molecule has 0 aliphatic carbocycles. The van der Waals surface area contributed by atoms with Crippen LogP contribution in [0.3, 0.4) is 0 Å². The Morgan fingerprint density at radius 1 is 1.40 bits per heavy atom. The first kappa shape index (κ1) is 16.4. The van der Waals surface area contributed by atoms with E-state index in [2.05, 4.69) is 0 Å². The van der Waals surface area contributed by atoms with Gasteiger partial charge in [0.05, 0.1) is 4.92 Å². The van der Waals surface area contributed by atoms with Gasteiger partial charge in [0.25, 0.3) is 0 Å². The van der Waals surface area contributed by atoms with Crippen LogP contribution in [0, 0.1) is 10.1 Å². The van der Waals surface area contributed by atoms with Crippen LogP contribution in [0.1, 0.15) is 13.3 Å². The van der Waals surface area contributed by atoms with E-state index in [-0.39, 0.29) is 17.2 Å². The Hall–Kier alpha value is -1.67. The molecule has 0 spiro atoms. The minimum absolute atomic E-state index is 0.0317. The Kier molecular flexibility index (Phi) is 5.46. The van der Waals surface area contributed by atoms with Gasteiger partial charge in [0.15, 0.2) is 9.84 Å². The van der Waals surface area contributed by atoms with Gasteiger partial charge in [-0.3, -0.25) is 10.1 Å². The van der Waals surface area contributed by atoms with E-state index in [0.717, 1.165) is 6.26 Å². The molecule has 0 saturated carbocycles. The van der Waals surface area contributed by atoms with Crippen LogP contribution in [0.5, 0.6) is 0 Å². The van der Waals surface area contributed by atoms with E-state index in [0.29, 0.717) is 19.5 Å². The second-order valence-electron chi connectivity index (χ2n) is 4.31. The summed E-state index contributed by atoms with van der Waals surface area (Å²) >= 11 is 0. The fourth-order valence-electron chi connectivity index (χ4n) is 1.96. The number of para-hydroxylation sites is 1. The number of anilines is 1. The Morgan fingerprint density at radius 2 is 2.05 bits per heavy atom. The van der Waals surface area contributed by atoms with Crippen LogP contribution in [0.25, 0.3) is 0 Å². The Morgan fingerprint density at radius 3 is 2.50 bits per heavy atom. The summed E-state index contributed by atoms with van der Waals surface area (Å²) in [6, 6.07) is 4.24. The lowest BCUT2D eigenvalue weighted by molar-refractivity contribution is -0.387. The molecule has 1 N–H and O–H groups in total. The van der Waals surface area contributed by atoms with Gasteiger partial charge in [0.1, 0.15) is 10.6 Å². The van der Waals surface area contributed by atoms with E-state index in [1.807, 2.05) is 6.92 Å². The van der Waals surface area contributed by atoms with E-state index < -0.39 is 20.4 Å². The van der Waals surface area contributed by atoms with Crippen molar-refractivity contribution in [2.75, 3.05) is 30.9 Å². The molecule has 0 aliphatic rings. The average Bonchev–Trinajstić information content (AvgIpc) is 2.38. The fourth-order valence-corrected chi connectivity index (χ4v) is 2.82. The SMILES string of the molecule is CCN(CCCO)c1cccc(S(C)(=O)=O)c1[N+](=O)[O-]. The lowest BCUT2D eigenvalue weighted by Gasteiger charge is -2.23. The van der Waals surface area contributed by atoms with Crippen molar-refractivity contribution in [3.63, 3.8) is 0 Å². The first-order chi connectivity index (χ1) is 9.32. The Balaban J connectivity index is 3.43. The number of nitro benzene ring substituents is 1. The van der Waals surface area contributed by atoms with E-state index in [1.165, 1.54) is 18.2 Å². The standard InChI is InChI=1S/C12H18N2O5S/c1-3-13(8-5-9-15)10-6-4-7-11(20(2,18)19)12(10)14(16)17/h4,6-7,15H,3,5,8-9H2,1-2H3. The van der Waals surface area contributed by atoms with E-state index in [1.54, 1.807) is 4.90 Å². The monoisotopic (exact) mass is 302 g/mol. The summed E-state index contributed by atoms with van der Waals surface area (Å²) in [6.45, 7) is 2.68. The van der Waals surface area contributed by atoms with Crippen molar-refractivity contribution in [3.05, 3.63) is 28.3 Å². The van der Waals surface area contributed by atoms with Crippen LogP contribution in [-0.4, -0.2) is 44.4 Å². The van der Waals surface area contributed by atoms with Crippen molar-refractivity contribution in [3.8, 4) is 0 Å². The van der Waals surface area contributed by atoms with Gasteiger partial charge in [-0.1, -0.05) is 6.07 Å². The molecule has 0 radical (unpaired) electrons. The van der Waals surface area contributed by atoms with Crippen LogP contribution >= 0.6 is 0 Å². The third kappa shape index (κ3) is 3.67. The molecule has 0 aliphatic heterocycles. The maximum Gasteiger partial charge on any atom is 0.311 e. The smallest absolute Gasteiger partial charge is 0.311 e. The molecule has 0 fully saturated rings. The van der Waals surface area contributed by atoms with Gasteiger partial charge in [-0.25, -0.2) is 8.42 Å². The summed E-state index contributed by atoms with van der Waals surface area (Å²) in [4.78, 5) is 12.0. The minimum atomic E-state index is -3.68. The second kappa shape index (κ2) is 6.67. The van der Waals surface area contributed by atoms with Gasteiger partial charge in [0, 0.05) is 26.0 Å². The number of hydrogen-bond donors (Lipinski definition) is 1. The fraction of sp³-hybridized carbons (Fsp3) is 0.500. The minimum Gasteiger partial charge on any atom is -0.396 e. The van der Waals surface area contributed by atoms with Crippen LogP contribution in [0.15, 0.2) is 23.1 Å². The topological polar surface area (TPSA) is 101 Å². The molecule has 0 aromatic heterocycles. The average molecular weight is 302 g/mol. The maximum absolute atomic E-state index is 11.7. The van der Waals surface area contributed by atoms with Crippen molar-refractivity contribution >= 4 is 21.2 Å². The predicted molar refractivity (Wildman–Crippen MR) is 75.8 cm³/mol. The van der Waals surface area contributed by atoms with Crippen molar-refractivity contribution in [2.24, 2.45) is 0 Å². The molecule has 0 saturated heterocycles. The van der Waals surface area contributed by atoms with Crippen molar-refractivity contribution in [2.45, 2.75) is 18.2 Å². The number of rotatable bonds is 7. The summed E-state index contributed by atoms with van der Waals surface area (Å²) in [5.41, 5.74) is -0.149. The third-order valence-electron chi connectivity index (χ3n) is 2.87. The van der Waals surface area contributed by atoms with Crippen LogP contribution < -0.4 is 4.90 Å². The molecular formula is C12H18N2O5S.